The van der Waals surface area contributed by atoms with Gasteiger partial charge in [0.25, 0.3) is 5.91 Å². The molecule has 0 radical (unpaired) electrons. The number of carbonyl (C=O) groups excluding carboxylic acids is 1. The smallest absolute Gasteiger partial charge is 0.387 e. The van der Waals surface area contributed by atoms with E-state index >= 15 is 0 Å². The molecule has 30 heavy (non-hydrogen) atoms. The molecule has 0 aliphatic heterocycles. The number of amides is 1. The van der Waals surface area contributed by atoms with Crippen LogP contribution in [0.3, 0.4) is 0 Å². The fourth-order valence-electron chi connectivity index (χ4n) is 2.76. The lowest BCUT2D eigenvalue weighted by Crippen LogP contribution is -2.31. The minimum absolute atomic E-state index is 0.111. The van der Waals surface area contributed by atoms with Crippen LogP contribution in [0.15, 0.2) is 57.7 Å². The van der Waals surface area contributed by atoms with Gasteiger partial charge in [0, 0.05) is 31.1 Å². The lowest BCUT2D eigenvalue weighted by atomic mass is 10.2. The second-order valence-electron chi connectivity index (χ2n) is 6.36. The van der Waals surface area contributed by atoms with Gasteiger partial charge in [0.2, 0.25) is 0 Å². The van der Waals surface area contributed by atoms with Crippen molar-refractivity contribution in [1.82, 2.24) is 4.90 Å². The number of halogens is 2. The topological polar surface area (TPSA) is 78.2 Å². The zero-order valence-electron chi connectivity index (χ0n) is 16.3. The van der Waals surface area contributed by atoms with Crippen molar-refractivity contribution < 1.29 is 32.2 Å². The van der Waals surface area contributed by atoms with E-state index in [1.165, 1.54) is 36.3 Å². The summed E-state index contributed by atoms with van der Waals surface area (Å²) >= 11 is 0. The predicted molar refractivity (Wildman–Crippen MR) is 104 cm³/mol. The summed E-state index contributed by atoms with van der Waals surface area (Å²) in [5.74, 6) is 0.0893. The first-order chi connectivity index (χ1) is 14.4. The molecule has 0 fully saturated rings. The van der Waals surface area contributed by atoms with E-state index in [0.29, 0.717) is 16.9 Å². The Morgan fingerprint density at radius 1 is 1.10 bits per heavy atom. The zero-order valence-corrected chi connectivity index (χ0v) is 16.3. The highest BCUT2D eigenvalue weighted by molar-refractivity contribution is 5.79. The second kappa shape index (κ2) is 9.25. The summed E-state index contributed by atoms with van der Waals surface area (Å²) in [4.78, 5) is 25.1. The minimum Gasteiger partial charge on any atom is -0.493 e. The summed E-state index contributed by atoms with van der Waals surface area (Å²) in [5, 5.41) is 0.728. The fraction of sp³-hybridized carbons (Fsp3) is 0.238. The first-order valence-corrected chi connectivity index (χ1v) is 8.88. The molecule has 1 amide bonds. The van der Waals surface area contributed by atoms with Crippen LogP contribution in [0.5, 0.6) is 17.2 Å². The fourth-order valence-corrected chi connectivity index (χ4v) is 2.76. The Bertz CT molecular complexity index is 1100. The van der Waals surface area contributed by atoms with Gasteiger partial charge in [-0.3, -0.25) is 4.79 Å². The van der Waals surface area contributed by atoms with Crippen molar-refractivity contribution in [2.24, 2.45) is 0 Å². The van der Waals surface area contributed by atoms with Crippen molar-refractivity contribution in [3.05, 3.63) is 64.5 Å². The Labute approximate surface area is 170 Å². The van der Waals surface area contributed by atoms with E-state index in [4.69, 9.17) is 13.9 Å². The van der Waals surface area contributed by atoms with Crippen LogP contribution in [0, 0.1) is 0 Å². The Balaban J connectivity index is 1.63. The summed E-state index contributed by atoms with van der Waals surface area (Å²) in [6, 6.07) is 12.4. The van der Waals surface area contributed by atoms with Crippen LogP contribution in [0.25, 0.3) is 11.0 Å². The van der Waals surface area contributed by atoms with E-state index < -0.39 is 12.2 Å². The number of rotatable bonds is 8. The van der Waals surface area contributed by atoms with Gasteiger partial charge in [-0.25, -0.2) is 4.79 Å². The zero-order chi connectivity index (χ0) is 21.7. The molecule has 9 heteroatoms. The van der Waals surface area contributed by atoms with Gasteiger partial charge in [-0.1, -0.05) is 6.07 Å². The van der Waals surface area contributed by atoms with Crippen molar-refractivity contribution in [1.29, 1.82) is 0 Å². The van der Waals surface area contributed by atoms with Crippen LogP contribution in [-0.4, -0.2) is 38.2 Å². The van der Waals surface area contributed by atoms with Gasteiger partial charge >= 0.3 is 12.2 Å². The van der Waals surface area contributed by atoms with Crippen molar-refractivity contribution in [2.75, 3.05) is 20.8 Å². The van der Waals surface area contributed by atoms with E-state index in [-0.39, 0.29) is 30.6 Å². The Kier molecular flexibility index (Phi) is 6.51. The summed E-state index contributed by atoms with van der Waals surface area (Å²) < 4.78 is 45.1. The summed E-state index contributed by atoms with van der Waals surface area (Å²) in [6.45, 7) is -3.10. The minimum atomic E-state index is -2.99. The number of methoxy groups -OCH3 is 1. The van der Waals surface area contributed by atoms with Gasteiger partial charge in [-0.05, 0) is 35.9 Å². The maximum atomic E-state index is 12.6. The van der Waals surface area contributed by atoms with Crippen molar-refractivity contribution in [3.63, 3.8) is 0 Å². The molecule has 0 atom stereocenters. The van der Waals surface area contributed by atoms with E-state index in [1.807, 2.05) is 0 Å². The number of benzene rings is 2. The average Bonchev–Trinajstić information content (AvgIpc) is 2.71. The van der Waals surface area contributed by atoms with Gasteiger partial charge in [0.05, 0.1) is 7.11 Å². The molecule has 158 valence electrons. The van der Waals surface area contributed by atoms with Crippen LogP contribution in [-0.2, 0) is 11.3 Å². The molecule has 0 aliphatic rings. The summed E-state index contributed by atoms with van der Waals surface area (Å²) in [5.41, 5.74) is 0.450. The number of alkyl halides is 2. The molecule has 0 saturated carbocycles. The van der Waals surface area contributed by atoms with E-state index in [1.54, 1.807) is 31.3 Å². The SMILES string of the molecule is COc1ccc(CN(C)C(=O)COc2ccc3ccc(=O)oc3c2)cc1OC(F)F. The first-order valence-electron chi connectivity index (χ1n) is 8.88. The number of ether oxygens (including phenoxy) is 3. The van der Waals surface area contributed by atoms with Gasteiger partial charge in [-0.15, -0.1) is 0 Å². The van der Waals surface area contributed by atoms with Crippen LogP contribution < -0.4 is 19.8 Å². The van der Waals surface area contributed by atoms with Crippen molar-refractivity contribution in [2.45, 2.75) is 13.2 Å². The monoisotopic (exact) mass is 419 g/mol. The Morgan fingerprint density at radius 3 is 2.60 bits per heavy atom. The quantitative estimate of drug-likeness (QED) is 0.521. The highest BCUT2D eigenvalue weighted by Gasteiger charge is 2.15. The molecule has 1 heterocycles. The molecule has 0 spiro atoms. The number of likely N-dealkylation sites (N-methyl/N-ethyl adjacent to an activating group) is 1. The van der Waals surface area contributed by atoms with Gasteiger partial charge in [-0.2, -0.15) is 8.78 Å². The average molecular weight is 419 g/mol. The maximum Gasteiger partial charge on any atom is 0.387 e. The highest BCUT2D eigenvalue weighted by atomic mass is 19.3. The van der Waals surface area contributed by atoms with Crippen molar-refractivity contribution >= 4 is 16.9 Å². The molecule has 3 aromatic rings. The van der Waals surface area contributed by atoms with E-state index in [2.05, 4.69) is 4.74 Å². The normalized spacial score (nSPS) is 10.8. The predicted octanol–water partition coefficient (Wildman–Crippen LogP) is 3.44. The largest absolute Gasteiger partial charge is 0.493 e. The van der Waals surface area contributed by atoms with E-state index in [9.17, 15) is 18.4 Å². The maximum absolute atomic E-state index is 12.6. The van der Waals surface area contributed by atoms with E-state index in [0.717, 1.165) is 5.39 Å². The standard InChI is InChI=1S/C21H19F2NO6/c1-24(11-13-3-7-16(27-2)18(9-13)30-21(22)23)19(25)12-28-15-6-4-14-5-8-20(26)29-17(14)10-15/h3-10,21H,11-12H2,1-2H3. The van der Waals surface area contributed by atoms with Crippen LogP contribution >= 0.6 is 0 Å². The number of hydrogen-bond acceptors (Lipinski definition) is 6. The summed E-state index contributed by atoms with van der Waals surface area (Å²) in [6.07, 6.45) is 0. The molecule has 0 unspecified atom stereocenters. The molecule has 0 bridgehead atoms. The Hall–Kier alpha value is -3.62. The van der Waals surface area contributed by atoms with Crippen LogP contribution in [0.1, 0.15) is 5.56 Å². The lowest BCUT2D eigenvalue weighted by Gasteiger charge is -2.19. The number of fused-ring (bicyclic) bond motifs is 1. The number of carbonyl (C=O) groups is 1. The molecule has 0 N–H and O–H groups in total. The Morgan fingerprint density at radius 2 is 1.87 bits per heavy atom. The highest BCUT2D eigenvalue weighted by Crippen LogP contribution is 2.30. The molecule has 1 aromatic heterocycles. The lowest BCUT2D eigenvalue weighted by molar-refractivity contribution is -0.132. The van der Waals surface area contributed by atoms with Gasteiger partial charge < -0.3 is 23.5 Å². The number of hydrogen-bond donors (Lipinski definition) is 0. The molecule has 0 saturated heterocycles. The molecular weight excluding hydrogens is 400 g/mol. The molecular formula is C21H19F2NO6. The van der Waals surface area contributed by atoms with Crippen LogP contribution in [0.4, 0.5) is 8.78 Å². The molecule has 2 aromatic carbocycles. The molecule has 7 nitrogen and oxygen atoms in total. The van der Waals surface area contributed by atoms with Crippen LogP contribution in [0.2, 0.25) is 0 Å². The molecule has 3 rings (SSSR count). The number of nitrogens with zero attached hydrogens (tertiary/aromatic N) is 1. The third-order valence-electron chi connectivity index (χ3n) is 4.25. The van der Waals surface area contributed by atoms with Gasteiger partial charge in [0.15, 0.2) is 18.1 Å². The second-order valence-corrected chi connectivity index (χ2v) is 6.36. The van der Waals surface area contributed by atoms with Gasteiger partial charge in [0.1, 0.15) is 11.3 Å². The third-order valence-corrected chi connectivity index (χ3v) is 4.25. The third kappa shape index (κ3) is 5.25. The summed E-state index contributed by atoms with van der Waals surface area (Å²) in [7, 11) is 2.90. The molecule has 0 aliphatic carbocycles. The van der Waals surface area contributed by atoms with Crippen molar-refractivity contribution in [3.8, 4) is 17.2 Å². The first kappa shape index (κ1) is 21.1.